The molecular weight excluding hydrogens is 316 g/mol. The molecule has 2 amide bonds. The largest absolute Gasteiger partial charge is 0.356 e. The van der Waals surface area contributed by atoms with Crippen molar-refractivity contribution in [3.05, 3.63) is 24.3 Å². The van der Waals surface area contributed by atoms with Crippen LogP contribution in [0, 0.1) is 5.92 Å². The van der Waals surface area contributed by atoms with Gasteiger partial charge in [0.25, 0.3) is 5.91 Å². The Morgan fingerprint density at radius 1 is 1.16 bits per heavy atom. The van der Waals surface area contributed by atoms with Crippen LogP contribution in [0.2, 0.25) is 0 Å². The van der Waals surface area contributed by atoms with E-state index in [-0.39, 0.29) is 11.8 Å². The lowest BCUT2D eigenvalue weighted by atomic mass is 10.1. The van der Waals surface area contributed by atoms with E-state index in [1.165, 1.54) is 12.4 Å². The number of rotatable bonds is 12. The van der Waals surface area contributed by atoms with Crippen LogP contribution in [0.25, 0.3) is 0 Å². The molecule has 1 rings (SSSR count). The summed E-state index contributed by atoms with van der Waals surface area (Å²) in [5, 5.41) is 2.92. The van der Waals surface area contributed by atoms with Crippen LogP contribution in [0.15, 0.2) is 18.6 Å². The summed E-state index contributed by atoms with van der Waals surface area (Å²) in [4.78, 5) is 34.4. The predicted molar refractivity (Wildman–Crippen MR) is 99.2 cm³/mol. The quantitative estimate of drug-likeness (QED) is 0.589. The Morgan fingerprint density at radius 3 is 2.60 bits per heavy atom. The highest BCUT2D eigenvalue weighted by atomic mass is 16.2. The molecule has 0 saturated carbocycles. The summed E-state index contributed by atoms with van der Waals surface area (Å²) >= 11 is 0. The number of unbranched alkanes of at least 4 members (excludes halogenated alkanes) is 3. The molecule has 6 nitrogen and oxygen atoms in total. The molecule has 6 heteroatoms. The molecule has 0 atom stereocenters. The smallest absolute Gasteiger partial charge is 0.274 e. The van der Waals surface area contributed by atoms with Gasteiger partial charge >= 0.3 is 0 Å². The Hall–Kier alpha value is -1.98. The fourth-order valence-corrected chi connectivity index (χ4v) is 2.44. The lowest BCUT2D eigenvalue weighted by molar-refractivity contribution is -0.121. The normalized spacial score (nSPS) is 10.7. The number of carbonyl (C=O) groups is 2. The highest BCUT2D eigenvalue weighted by Crippen LogP contribution is 2.06. The van der Waals surface area contributed by atoms with Crippen molar-refractivity contribution in [2.45, 2.75) is 59.3 Å². The molecule has 0 aliphatic rings. The van der Waals surface area contributed by atoms with Crippen molar-refractivity contribution in [3.63, 3.8) is 0 Å². The number of hydrogen-bond acceptors (Lipinski definition) is 4. The standard InChI is InChI=1S/C19H32N4O2/c1-4-5-6-7-13-23(19(25)17-15-20-11-12-21-17)14-9-18(24)22-10-8-16(2)3/h11-12,15-16H,4-10,13-14H2,1-3H3,(H,22,24). The van der Waals surface area contributed by atoms with Crippen LogP contribution in [0.4, 0.5) is 0 Å². The van der Waals surface area contributed by atoms with Gasteiger partial charge in [0.2, 0.25) is 5.91 Å². The molecule has 0 saturated heterocycles. The van der Waals surface area contributed by atoms with E-state index in [0.717, 1.165) is 32.1 Å². The van der Waals surface area contributed by atoms with Crippen LogP contribution in [0.3, 0.4) is 0 Å². The maximum Gasteiger partial charge on any atom is 0.274 e. The molecule has 0 aromatic carbocycles. The zero-order valence-corrected chi connectivity index (χ0v) is 15.8. The van der Waals surface area contributed by atoms with Crippen molar-refractivity contribution in [3.8, 4) is 0 Å². The molecule has 1 heterocycles. The van der Waals surface area contributed by atoms with Crippen LogP contribution in [-0.4, -0.2) is 46.3 Å². The maximum atomic E-state index is 12.6. The van der Waals surface area contributed by atoms with Gasteiger partial charge in [-0.1, -0.05) is 40.0 Å². The minimum atomic E-state index is -0.153. The minimum absolute atomic E-state index is 0.00819. The fraction of sp³-hybridized carbons (Fsp3) is 0.684. The molecule has 0 radical (unpaired) electrons. The minimum Gasteiger partial charge on any atom is -0.356 e. The molecule has 140 valence electrons. The van der Waals surface area contributed by atoms with Gasteiger partial charge in [-0.3, -0.25) is 14.6 Å². The Morgan fingerprint density at radius 2 is 1.96 bits per heavy atom. The molecule has 0 bridgehead atoms. The van der Waals surface area contributed by atoms with Gasteiger partial charge < -0.3 is 10.2 Å². The molecule has 0 aliphatic carbocycles. The summed E-state index contributed by atoms with van der Waals surface area (Å²) < 4.78 is 0. The molecular formula is C19H32N4O2. The third-order valence-electron chi connectivity index (χ3n) is 4.00. The SMILES string of the molecule is CCCCCCN(CCC(=O)NCCC(C)C)C(=O)c1cnccn1. The molecule has 0 unspecified atom stereocenters. The summed E-state index contributed by atoms with van der Waals surface area (Å²) in [7, 11) is 0. The second-order valence-electron chi connectivity index (χ2n) is 6.73. The summed E-state index contributed by atoms with van der Waals surface area (Å²) in [6.45, 7) is 8.16. The number of carbonyl (C=O) groups excluding carboxylic acids is 2. The van der Waals surface area contributed by atoms with Crippen molar-refractivity contribution in [1.29, 1.82) is 0 Å². The highest BCUT2D eigenvalue weighted by molar-refractivity contribution is 5.92. The second-order valence-corrected chi connectivity index (χ2v) is 6.73. The van der Waals surface area contributed by atoms with Crippen molar-refractivity contribution in [2.75, 3.05) is 19.6 Å². The van der Waals surface area contributed by atoms with Crippen LogP contribution >= 0.6 is 0 Å². The van der Waals surface area contributed by atoms with E-state index in [0.29, 0.717) is 37.7 Å². The molecule has 1 aromatic rings. The number of aromatic nitrogens is 2. The van der Waals surface area contributed by atoms with E-state index in [9.17, 15) is 9.59 Å². The van der Waals surface area contributed by atoms with E-state index >= 15 is 0 Å². The van der Waals surface area contributed by atoms with Gasteiger partial charge in [-0.15, -0.1) is 0 Å². The van der Waals surface area contributed by atoms with Crippen molar-refractivity contribution in [1.82, 2.24) is 20.2 Å². The Bertz CT molecular complexity index is 505. The Kier molecular flexibility index (Phi) is 10.4. The lowest BCUT2D eigenvalue weighted by Crippen LogP contribution is -2.36. The fourth-order valence-electron chi connectivity index (χ4n) is 2.44. The first kappa shape index (κ1) is 21.1. The zero-order valence-electron chi connectivity index (χ0n) is 15.8. The van der Waals surface area contributed by atoms with Gasteiger partial charge in [-0.25, -0.2) is 4.98 Å². The van der Waals surface area contributed by atoms with Gasteiger partial charge in [0.1, 0.15) is 5.69 Å². The summed E-state index contributed by atoms with van der Waals surface area (Å²) in [6.07, 6.45) is 10.1. The monoisotopic (exact) mass is 348 g/mol. The van der Waals surface area contributed by atoms with Crippen LogP contribution in [0.1, 0.15) is 69.8 Å². The van der Waals surface area contributed by atoms with Gasteiger partial charge in [-0.05, 0) is 18.8 Å². The first-order valence-electron chi connectivity index (χ1n) is 9.36. The third kappa shape index (κ3) is 9.17. The summed E-state index contributed by atoms with van der Waals surface area (Å²) in [6, 6.07) is 0. The van der Waals surface area contributed by atoms with Gasteiger partial charge in [0.05, 0.1) is 6.20 Å². The van der Waals surface area contributed by atoms with Crippen LogP contribution in [-0.2, 0) is 4.79 Å². The molecule has 1 N–H and O–H groups in total. The first-order valence-corrected chi connectivity index (χ1v) is 9.36. The van der Waals surface area contributed by atoms with Crippen molar-refractivity contribution >= 4 is 11.8 Å². The average Bonchev–Trinajstić information content (AvgIpc) is 2.61. The number of nitrogens with one attached hydrogen (secondary N) is 1. The van der Waals surface area contributed by atoms with Crippen LogP contribution < -0.4 is 5.32 Å². The summed E-state index contributed by atoms with van der Waals surface area (Å²) in [5.41, 5.74) is 0.332. The number of amides is 2. The van der Waals surface area contributed by atoms with Crippen molar-refractivity contribution in [2.24, 2.45) is 5.92 Å². The van der Waals surface area contributed by atoms with Crippen molar-refractivity contribution < 1.29 is 9.59 Å². The van der Waals surface area contributed by atoms with E-state index in [1.54, 1.807) is 11.1 Å². The van der Waals surface area contributed by atoms with E-state index in [4.69, 9.17) is 0 Å². The van der Waals surface area contributed by atoms with Gasteiger partial charge in [0, 0.05) is 38.4 Å². The van der Waals surface area contributed by atoms with E-state index in [2.05, 4.69) is 36.1 Å². The molecule has 0 fully saturated rings. The third-order valence-corrected chi connectivity index (χ3v) is 4.00. The predicted octanol–water partition coefficient (Wildman–Crippen LogP) is 3.05. The Labute approximate surface area is 151 Å². The number of nitrogens with zero attached hydrogens (tertiary/aromatic N) is 3. The Balaban J connectivity index is 2.52. The highest BCUT2D eigenvalue weighted by Gasteiger charge is 2.18. The van der Waals surface area contributed by atoms with E-state index < -0.39 is 0 Å². The van der Waals surface area contributed by atoms with E-state index in [1.807, 2.05) is 0 Å². The molecule has 0 spiro atoms. The molecule has 1 aromatic heterocycles. The molecule has 0 aliphatic heterocycles. The van der Waals surface area contributed by atoms with Gasteiger partial charge in [-0.2, -0.15) is 0 Å². The summed E-state index contributed by atoms with van der Waals surface area (Å²) in [5.74, 6) is 0.402. The van der Waals surface area contributed by atoms with Crippen LogP contribution in [0.5, 0.6) is 0 Å². The number of hydrogen-bond donors (Lipinski definition) is 1. The maximum absolute atomic E-state index is 12.6. The average molecular weight is 348 g/mol. The van der Waals surface area contributed by atoms with Gasteiger partial charge in [0.15, 0.2) is 0 Å². The second kappa shape index (κ2) is 12.4. The topological polar surface area (TPSA) is 75.2 Å². The zero-order chi connectivity index (χ0) is 18.5. The lowest BCUT2D eigenvalue weighted by Gasteiger charge is -2.22. The molecule has 25 heavy (non-hydrogen) atoms. The first-order chi connectivity index (χ1) is 12.0.